The zero-order valence-electron chi connectivity index (χ0n) is 15.2. The second kappa shape index (κ2) is 4.80. The predicted octanol–water partition coefficient (Wildman–Crippen LogP) is 1.15. The molecule has 0 spiro atoms. The third-order valence-electron chi connectivity index (χ3n) is 3.38. The van der Waals surface area contributed by atoms with Crippen LogP contribution >= 0.6 is 0 Å². The van der Waals surface area contributed by atoms with Crippen molar-refractivity contribution >= 4 is 28.2 Å². The van der Waals surface area contributed by atoms with E-state index in [9.17, 15) is 14.4 Å². The van der Waals surface area contributed by atoms with E-state index >= 15 is 0 Å². The monoisotopic (exact) mass is 289 g/mol. The van der Waals surface area contributed by atoms with Crippen molar-refractivity contribution in [2.24, 2.45) is 0 Å². The van der Waals surface area contributed by atoms with Crippen molar-refractivity contribution in [2.45, 2.75) is 32.2 Å². The summed E-state index contributed by atoms with van der Waals surface area (Å²) in [6.45, 7) is 1.43. The molecule has 2 atom stereocenters. The molecule has 0 aliphatic heterocycles. The first-order valence-electron chi connectivity index (χ1n) is 8.40. The van der Waals surface area contributed by atoms with Gasteiger partial charge in [-0.2, -0.15) is 0 Å². The molecule has 1 heterocycles. The molecule has 1 saturated carbocycles. The zero-order chi connectivity index (χ0) is 18.7. The first kappa shape index (κ1) is 9.44. The number of anilines is 1. The maximum absolute atomic E-state index is 12.9. The number of nitrogens with two attached hydrogens (primary N) is 1. The number of Topliss-reactive ketones (excluding diaryl/α,β-unsaturated/α-hetero) is 2. The number of aromatic nitrogens is 2. The van der Waals surface area contributed by atoms with Gasteiger partial charge in [-0.3, -0.25) is 19.0 Å². The van der Waals surface area contributed by atoms with Crippen LogP contribution in [-0.2, 0) is 9.59 Å². The van der Waals surface area contributed by atoms with Crippen LogP contribution in [0.4, 0.5) is 5.69 Å². The second-order valence-corrected chi connectivity index (χ2v) is 4.81. The number of benzene rings is 1. The van der Waals surface area contributed by atoms with E-state index in [0.717, 1.165) is 4.57 Å². The van der Waals surface area contributed by atoms with Crippen molar-refractivity contribution < 1.29 is 15.1 Å². The fraction of sp³-hybridized carbons (Fsp3) is 0.333. The van der Waals surface area contributed by atoms with Gasteiger partial charge in [0.25, 0.3) is 5.56 Å². The number of hydrogen-bond acceptors (Lipinski definition) is 5. The van der Waals surface area contributed by atoms with Crippen LogP contribution in [0, 0.1) is 6.92 Å². The first-order valence-corrected chi connectivity index (χ1v) is 6.33. The number of aryl methyl sites for hydroxylation is 1. The normalized spacial score (nSPS) is 27.9. The number of fused-ring (bicyclic) bond motifs is 1. The number of ketones is 2. The van der Waals surface area contributed by atoms with Crippen LogP contribution in [0.3, 0.4) is 0 Å². The topological polar surface area (TPSA) is 95.0 Å². The molecular weight excluding hydrogens is 270 g/mol. The summed E-state index contributed by atoms with van der Waals surface area (Å²) in [6, 6.07) is 1.09. The minimum Gasteiger partial charge on any atom is -0.398 e. The van der Waals surface area contributed by atoms with E-state index in [1.165, 1.54) is 19.1 Å². The molecule has 108 valence electrons. The largest absolute Gasteiger partial charge is 0.398 e. The van der Waals surface area contributed by atoms with Gasteiger partial charge < -0.3 is 5.73 Å². The van der Waals surface area contributed by atoms with Crippen molar-refractivity contribution in [1.29, 1.82) is 0 Å². The molecule has 1 aliphatic rings. The molecule has 1 aromatic carbocycles. The molecular formula is C15H15N3O3. The van der Waals surface area contributed by atoms with E-state index in [1.807, 2.05) is 0 Å². The van der Waals surface area contributed by atoms with Crippen LogP contribution in [0.2, 0.25) is 0 Å². The summed E-state index contributed by atoms with van der Waals surface area (Å²) in [6.07, 6.45) is -4.96. The van der Waals surface area contributed by atoms with E-state index in [0.29, 0.717) is 0 Å². The van der Waals surface area contributed by atoms with Crippen LogP contribution in [0.5, 0.6) is 0 Å². The van der Waals surface area contributed by atoms with Crippen LogP contribution in [-0.4, -0.2) is 21.1 Å². The van der Waals surface area contributed by atoms with Gasteiger partial charge in [0.05, 0.1) is 24.7 Å². The molecule has 1 fully saturated rings. The average molecular weight is 289 g/mol. The number of hydrogen-bond donors (Lipinski definition) is 1. The fourth-order valence-electron chi connectivity index (χ4n) is 2.42. The third kappa shape index (κ3) is 2.12. The van der Waals surface area contributed by atoms with E-state index in [4.69, 9.17) is 11.2 Å². The third-order valence-corrected chi connectivity index (χ3v) is 3.38. The Hall–Kier alpha value is -2.50. The van der Waals surface area contributed by atoms with Gasteiger partial charge in [-0.1, -0.05) is 6.07 Å². The van der Waals surface area contributed by atoms with Crippen LogP contribution < -0.4 is 11.3 Å². The Morgan fingerprint density at radius 1 is 1.48 bits per heavy atom. The Balaban J connectivity index is 2.35. The summed E-state index contributed by atoms with van der Waals surface area (Å²) >= 11 is 0. The van der Waals surface area contributed by atoms with Crippen molar-refractivity contribution in [3.8, 4) is 0 Å². The van der Waals surface area contributed by atoms with Crippen molar-refractivity contribution in [3.63, 3.8) is 0 Å². The maximum Gasteiger partial charge on any atom is 0.264 e. The predicted molar refractivity (Wildman–Crippen MR) is 78.1 cm³/mol. The standard InChI is InChI=1S/C15H15N3O3/c1-8-17-11-4-2-3-10(16)14(11)15(21)18(8)12-6-5-9(19)7-13(12)20/h2-4,12H,5-7,16H2,1H3/i3D,5D,6D2. The minimum atomic E-state index is -2.57. The minimum absolute atomic E-state index is 0.0680. The van der Waals surface area contributed by atoms with E-state index < -0.39 is 42.4 Å². The lowest BCUT2D eigenvalue weighted by Gasteiger charge is -2.24. The van der Waals surface area contributed by atoms with Gasteiger partial charge in [-0.15, -0.1) is 0 Å². The highest BCUT2D eigenvalue weighted by molar-refractivity contribution is 6.03. The summed E-state index contributed by atoms with van der Waals surface area (Å²) in [7, 11) is 0. The van der Waals surface area contributed by atoms with Gasteiger partial charge in [0.2, 0.25) is 0 Å². The highest BCUT2D eigenvalue weighted by atomic mass is 16.2. The van der Waals surface area contributed by atoms with E-state index in [2.05, 4.69) is 4.98 Å². The first-order chi connectivity index (χ1) is 11.6. The Labute approximate surface area is 126 Å². The summed E-state index contributed by atoms with van der Waals surface area (Å²) < 4.78 is 32.5. The van der Waals surface area contributed by atoms with Gasteiger partial charge in [-0.25, -0.2) is 4.98 Å². The second-order valence-electron chi connectivity index (χ2n) is 4.81. The molecule has 6 nitrogen and oxygen atoms in total. The number of nitrogens with zero attached hydrogens (tertiary/aromatic N) is 2. The number of carbonyl (C=O) groups excluding carboxylic acids is 2. The molecule has 2 aromatic rings. The van der Waals surface area contributed by atoms with Crippen molar-refractivity contribution in [3.05, 3.63) is 34.4 Å². The Bertz CT molecular complexity index is 986. The van der Waals surface area contributed by atoms with Gasteiger partial charge >= 0.3 is 0 Å². The molecule has 1 aromatic heterocycles. The molecule has 0 radical (unpaired) electrons. The average Bonchev–Trinajstić information content (AvgIpc) is 2.52. The van der Waals surface area contributed by atoms with Crippen molar-refractivity contribution in [1.82, 2.24) is 9.55 Å². The fourth-order valence-corrected chi connectivity index (χ4v) is 2.42. The van der Waals surface area contributed by atoms with Crippen LogP contribution in [0.15, 0.2) is 23.0 Å². The molecule has 2 unspecified atom stereocenters. The van der Waals surface area contributed by atoms with Gasteiger partial charge in [0.1, 0.15) is 11.6 Å². The molecule has 0 saturated heterocycles. The summed E-state index contributed by atoms with van der Waals surface area (Å²) in [5, 5.41) is -0.0832. The molecule has 0 amide bonds. The van der Waals surface area contributed by atoms with Crippen LogP contribution in [0.1, 0.15) is 36.5 Å². The van der Waals surface area contributed by atoms with Crippen LogP contribution in [0.25, 0.3) is 10.9 Å². The highest BCUT2D eigenvalue weighted by Crippen LogP contribution is 2.24. The highest BCUT2D eigenvalue weighted by Gasteiger charge is 2.30. The summed E-state index contributed by atoms with van der Waals surface area (Å²) in [5.74, 6) is -1.54. The molecule has 3 rings (SSSR count). The molecule has 21 heavy (non-hydrogen) atoms. The summed E-state index contributed by atoms with van der Waals surface area (Å²) in [5.41, 5.74) is 5.15. The smallest absolute Gasteiger partial charge is 0.264 e. The van der Waals surface area contributed by atoms with Gasteiger partial charge in [0, 0.05) is 16.2 Å². The number of carbonyl (C=O) groups is 2. The van der Waals surface area contributed by atoms with Crippen molar-refractivity contribution in [2.75, 3.05) is 5.73 Å². The Morgan fingerprint density at radius 2 is 2.24 bits per heavy atom. The Morgan fingerprint density at radius 3 is 3.00 bits per heavy atom. The van der Waals surface area contributed by atoms with E-state index in [-0.39, 0.29) is 28.5 Å². The molecule has 6 heteroatoms. The van der Waals surface area contributed by atoms with E-state index in [1.54, 1.807) is 0 Å². The quantitative estimate of drug-likeness (QED) is 0.627. The number of rotatable bonds is 1. The molecule has 1 aliphatic carbocycles. The lowest BCUT2D eigenvalue weighted by atomic mass is 9.92. The molecule has 2 N–H and O–H groups in total. The summed E-state index contributed by atoms with van der Waals surface area (Å²) in [4.78, 5) is 41.2. The van der Waals surface area contributed by atoms with Gasteiger partial charge in [0.15, 0.2) is 5.78 Å². The van der Waals surface area contributed by atoms with Gasteiger partial charge in [-0.05, 0) is 25.4 Å². The SMILES string of the molecule is [2H]c1ccc2nc(C)n(C3C(=O)CC(=O)C([2H])C3([2H])[2H])c(=O)c2c1N. The lowest BCUT2D eigenvalue weighted by Crippen LogP contribution is -2.36. The maximum atomic E-state index is 12.9. The lowest BCUT2D eigenvalue weighted by molar-refractivity contribution is -0.132. The Kier molecular flexibility index (Phi) is 2.16. The zero-order valence-corrected chi connectivity index (χ0v) is 11.2. The molecule has 0 bridgehead atoms. The number of nitrogen functional groups attached to an aromatic ring is 1.